The van der Waals surface area contributed by atoms with Gasteiger partial charge in [-0.1, -0.05) is 77.8 Å². The van der Waals surface area contributed by atoms with Crippen LogP contribution in [0.5, 0.6) is 0 Å². The predicted octanol–water partition coefficient (Wildman–Crippen LogP) is 3.74. The van der Waals surface area contributed by atoms with Gasteiger partial charge in [-0.15, -0.1) is 0 Å². The highest BCUT2D eigenvalue weighted by atomic mass is 127. The first kappa shape index (κ1) is 18.4. The van der Waals surface area contributed by atoms with E-state index in [1.807, 2.05) is 0 Å². The minimum absolute atomic E-state index is 0.140. The van der Waals surface area contributed by atoms with E-state index in [1.165, 1.54) is 12.8 Å². The molecule has 106 valence electrons. The SMILES string of the molecule is CCCCCCC(I)C(I)C(CC(=O)O)C(=O)O. The van der Waals surface area contributed by atoms with Crippen molar-refractivity contribution in [3.05, 3.63) is 0 Å². The average molecular weight is 482 g/mol. The Labute approximate surface area is 135 Å². The number of carbonyl (C=O) groups is 2. The summed E-state index contributed by atoms with van der Waals surface area (Å²) in [6.45, 7) is 2.15. The van der Waals surface area contributed by atoms with Gasteiger partial charge in [0.25, 0.3) is 0 Å². The molecule has 6 heteroatoms. The van der Waals surface area contributed by atoms with Gasteiger partial charge in [-0.3, -0.25) is 9.59 Å². The maximum absolute atomic E-state index is 11.1. The number of hydrogen-bond acceptors (Lipinski definition) is 2. The Morgan fingerprint density at radius 1 is 1.11 bits per heavy atom. The molecule has 0 aliphatic carbocycles. The summed E-state index contributed by atoms with van der Waals surface area (Å²) in [7, 11) is 0. The first-order valence-electron chi connectivity index (χ1n) is 6.12. The van der Waals surface area contributed by atoms with Crippen LogP contribution in [-0.4, -0.2) is 30.0 Å². The van der Waals surface area contributed by atoms with Crippen molar-refractivity contribution in [2.24, 2.45) is 5.92 Å². The number of aliphatic carboxylic acids is 2. The van der Waals surface area contributed by atoms with Gasteiger partial charge >= 0.3 is 11.9 Å². The molecule has 0 radical (unpaired) electrons. The number of hydrogen-bond donors (Lipinski definition) is 2. The Bertz CT molecular complexity index is 271. The molecule has 0 aliphatic heterocycles. The molecule has 0 aromatic heterocycles. The Morgan fingerprint density at radius 3 is 2.17 bits per heavy atom. The lowest BCUT2D eigenvalue weighted by Crippen LogP contribution is -2.32. The van der Waals surface area contributed by atoms with E-state index in [1.54, 1.807) is 0 Å². The monoisotopic (exact) mass is 482 g/mol. The molecule has 0 rings (SSSR count). The first-order valence-corrected chi connectivity index (χ1v) is 8.62. The normalized spacial score (nSPS) is 15.9. The van der Waals surface area contributed by atoms with Gasteiger partial charge in [-0.25, -0.2) is 0 Å². The molecule has 0 saturated heterocycles. The van der Waals surface area contributed by atoms with Gasteiger partial charge in [-0.05, 0) is 6.42 Å². The van der Waals surface area contributed by atoms with E-state index >= 15 is 0 Å². The molecule has 0 aromatic rings. The second-order valence-electron chi connectivity index (χ2n) is 4.35. The third-order valence-corrected chi connectivity index (χ3v) is 7.29. The minimum Gasteiger partial charge on any atom is -0.481 e. The van der Waals surface area contributed by atoms with Gasteiger partial charge in [0, 0.05) is 7.85 Å². The van der Waals surface area contributed by atoms with Crippen molar-refractivity contribution in [1.29, 1.82) is 0 Å². The highest BCUT2D eigenvalue weighted by Crippen LogP contribution is 2.29. The molecule has 0 aromatic carbocycles. The topological polar surface area (TPSA) is 74.6 Å². The molecular formula is C12H20I2O4. The van der Waals surface area contributed by atoms with E-state index in [2.05, 4.69) is 52.1 Å². The Balaban J connectivity index is 4.24. The quantitative estimate of drug-likeness (QED) is 0.283. The van der Waals surface area contributed by atoms with Gasteiger partial charge in [0.15, 0.2) is 0 Å². The molecule has 18 heavy (non-hydrogen) atoms. The summed E-state index contributed by atoms with van der Waals surface area (Å²) < 4.78 is 0.0685. The maximum Gasteiger partial charge on any atom is 0.308 e. The summed E-state index contributed by atoms with van der Waals surface area (Å²) >= 11 is 4.34. The van der Waals surface area contributed by atoms with Gasteiger partial charge in [-0.2, -0.15) is 0 Å². The molecule has 0 aliphatic rings. The van der Waals surface area contributed by atoms with E-state index in [4.69, 9.17) is 10.2 Å². The fraction of sp³-hybridized carbons (Fsp3) is 0.833. The molecule has 0 fully saturated rings. The van der Waals surface area contributed by atoms with Crippen molar-refractivity contribution in [2.45, 2.75) is 53.3 Å². The van der Waals surface area contributed by atoms with Crippen LogP contribution < -0.4 is 0 Å². The van der Waals surface area contributed by atoms with Crippen LogP contribution in [0.25, 0.3) is 0 Å². The maximum atomic E-state index is 11.1. The van der Waals surface area contributed by atoms with Crippen LogP contribution in [0, 0.1) is 5.92 Å². The van der Waals surface area contributed by atoms with Crippen molar-refractivity contribution in [3.63, 3.8) is 0 Å². The summed E-state index contributed by atoms with van der Waals surface area (Å²) in [6, 6.07) is 0. The van der Waals surface area contributed by atoms with E-state index in [0.717, 1.165) is 19.3 Å². The summed E-state index contributed by atoms with van der Waals surface area (Å²) in [5.74, 6) is -2.85. The van der Waals surface area contributed by atoms with Crippen LogP contribution in [0.4, 0.5) is 0 Å². The van der Waals surface area contributed by atoms with Crippen molar-refractivity contribution in [1.82, 2.24) is 0 Å². The van der Waals surface area contributed by atoms with E-state index in [0.29, 0.717) is 0 Å². The number of rotatable bonds is 10. The molecule has 3 atom stereocenters. The predicted molar refractivity (Wildman–Crippen MR) is 87.8 cm³/mol. The smallest absolute Gasteiger partial charge is 0.308 e. The van der Waals surface area contributed by atoms with Gasteiger partial charge in [0.1, 0.15) is 0 Å². The average Bonchev–Trinajstić information content (AvgIpc) is 2.30. The third-order valence-electron chi connectivity index (χ3n) is 2.78. The summed E-state index contributed by atoms with van der Waals surface area (Å²) in [4.78, 5) is 21.8. The Kier molecular flexibility index (Phi) is 10.4. The molecule has 3 unspecified atom stereocenters. The van der Waals surface area contributed by atoms with Crippen molar-refractivity contribution in [3.8, 4) is 0 Å². The van der Waals surface area contributed by atoms with Crippen LogP contribution in [0.15, 0.2) is 0 Å². The second-order valence-corrected chi connectivity index (χ2v) is 7.39. The fourth-order valence-electron chi connectivity index (χ4n) is 1.70. The van der Waals surface area contributed by atoms with E-state index in [-0.39, 0.29) is 14.3 Å². The van der Waals surface area contributed by atoms with Crippen LogP contribution in [-0.2, 0) is 9.59 Å². The Morgan fingerprint density at radius 2 is 1.72 bits per heavy atom. The van der Waals surface area contributed by atoms with Gasteiger partial charge in [0.2, 0.25) is 0 Å². The van der Waals surface area contributed by atoms with Crippen LogP contribution in [0.1, 0.15) is 45.4 Å². The number of unbranched alkanes of at least 4 members (excludes halogenated alkanes) is 3. The number of carboxylic acids is 2. The van der Waals surface area contributed by atoms with Crippen LogP contribution >= 0.6 is 45.2 Å². The lowest BCUT2D eigenvalue weighted by Gasteiger charge is -2.22. The molecule has 2 N–H and O–H groups in total. The van der Waals surface area contributed by atoms with E-state index < -0.39 is 17.9 Å². The standard InChI is InChI=1S/C12H20I2O4/c1-2-3-4-5-6-9(13)11(14)8(12(17)18)7-10(15)16/h8-9,11H,2-7H2,1H3,(H,15,16)(H,17,18). The fourth-order valence-corrected chi connectivity index (χ4v) is 3.56. The zero-order chi connectivity index (χ0) is 14.1. The van der Waals surface area contributed by atoms with Crippen molar-refractivity contribution < 1.29 is 19.8 Å². The molecule has 0 heterocycles. The number of carboxylic acid groups (broad SMARTS) is 2. The van der Waals surface area contributed by atoms with Crippen molar-refractivity contribution >= 4 is 57.1 Å². The largest absolute Gasteiger partial charge is 0.481 e. The molecule has 0 amide bonds. The summed E-state index contributed by atoms with van der Waals surface area (Å²) in [6.07, 6.45) is 5.29. The zero-order valence-corrected chi connectivity index (χ0v) is 14.8. The van der Waals surface area contributed by atoms with Crippen LogP contribution in [0.3, 0.4) is 0 Å². The number of halogens is 2. The summed E-state index contributed by atoms with van der Waals surface area (Å²) in [5.41, 5.74) is 0. The molecule has 0 spiro atoms. The molecule has 4 nitrogen and oxygen atoms in total. The molecule has 0 saturated carbocycles. The van der Waals surface area contributed by atoms with Crippen molar-refractivity contribution in [2.75, 3.05) is 0 Å². The zero-order valence-electron chi connectivity index (χ0n) is 10.4. The van der Waals surface area contributed by atoms with Gasteiger partial charge in [0.05, 0.1) is 12.3 Å². The number of alkyl halides is 2. The van der Waals surface area contributed by atoms with Crippen LogP contribution in [0.2, 0.25) is 0 Å². The van der Waals surface area contributed by atoms with Gasteiger partial charge < -0.3 is 10.2 Å². The lowest BCUT2D eigenvalue weighted by molar-refractivity contribution is -0.148. The summed E-state index contributed by atoms with van der Waals surface area (Å²) in [5, 5.41) is 17.8. The first-order chi connectivity index (χ1) is 8.40. The minimum atomic E-state index is -1.04. The highest BCUT2D eigenvalue weighted by Gasteiger charge is 2.32. The molecule has 0 bridgehead atoms. The highest BCUT2D eigenvalue weighted by molar-refractivity contribution is 14.1. The Hall–Kier alpha value is 0.400. The third kappa shape index (κ3) is 7.75. The lowest BCUT2D eigenvalue weighted by atomic mass is 9.97. The molecular weight excluding hydrogens is 462 g/mol. The second kappa shape index (κ2) is 10.2. The van der Waals surface area contributed by atoms with E-state index in [9.17, 15) is 9.59 Å².